The maximum atomic E-state index is 13.7. The monoisotopic (exact) mass is 269 g/mol. The first-order chi connectivity index (χ1) is 8.95. The number of ether oxygens (including phenoxy) is 1. The van der Waals surface area contributed by atoms with E-state index in [1.54, 1.807) is 6.07 Å². The molecule has 0 spiro atoms. The highest BCUT2D eigenvalue weighted by molar-refractivity contribution is 5.62. The van der Waals surface area contributed by atoms with Crippen molar-refractivity contribution in [3.8, 4) is 5.75 Å². The lowest BCUT2D eigenvalue weighted by Crippen LogP contribution is -2.28. The van der Waals surface area contributed by atoms with Crippen LogP contribution in [0.5, 0.6) is 5.75 Å². The van der Waals surface area contributed by atoms with E-state index in [-0.39, 0.29) is 5.82 Å². The number of nitrogens with zero attached hydrogens (tertiary/aromatic N) is 1. The molecule has 0 aromatic heterocycles. The van der Waals surface area contributed by atoms with E-state index in [1.807, 2.05) is 0 Å². The Morgan fingerprint density at radius 1 is 1.42 bits per heavy atom. The van der Waals surface area contributed by atoms with Crippen LogP contribution < -0.4 is 15.8 Å². The van der Waals surface area contributed by atoms with Crippen LogP contribution in [0.25, 0.3) is 0 Å². The van der Waals surface area contributed by atoms with Gasteiger partial charge in [0.15, 0.2) is 0 Å². The largest absolute Gasteiger partial charge is 0.495 e. The Morgan fingerprint density at radius 3 is 2.68 bits per heavy atom. The molecular weight excluding hydrogens is 245 g/mol. The summed E-state index contributed by atoms with van der Waals surface area (Å²) < 4.78 is 18.7. The number of anilines is 2. The van der Waals surface area contributed by atoms with Gasteiger partial charge >= 0.3 is 0 Å². The molecule has 1 rings (SSSR count). The number of nitrogens with one attached hydrogen (secondary N) is 1. The highest BCUT2D eigenvalue weighted by atomic mass is 19.1. The van der Waals surface area contributed by atoms with Crippen molar-refractivity contribution in [2.24, 2.45) is 0 Å². The molecule has 0 atom stereocenters. The second-order valence-corrected chi connectivity index (χ2v) is 4.93. The Balaban J connectivity index is 2.49. The van der Waals surface area contributed by atoms with E-state index in [4.69, 9.17) is 10.5 Å². The standard InChI is InChI=1S/C14H24FN3O/c1-10(2)18(3)7-5-6-17-13-9-14(19-4)12(16)8-11(13)15/h8-10,17H,5-7,16H2,1-4H3. The molecule has 3 N–H and O–H groups in total. The summed E-state index contributed by atoms with van der Waals surface area (Å²) in [5.41, 5.74) is 6.37. The van der Waals surface area contributed by atoms with Crippen LogP contribution in [0.3, 0.4) is 0 Å². The summed E-state index contributed by atoms with van der Waals surface area (Å²) in [6, 6.07) is 3.39. The van der Waals surface area contributed by atoms with Gasteiger partial charge in [-0.3, -0.25) is 0 Å². The molecule has 0 aliphatic rings. The minimum atomic E-state index is -0.351. The molecule has 19 heavy (non-hydrogen) atoms. The predicted molar refractivity (Wildman–Crippen MR) is 78.2 cm³/mol. The first kappa shape index (κ1) is 15.6. The number of benzene rings is 1. The van der Waals surface area contributed by atoms with Crippen molar-refractivity contribution in [1.29, 1.82) is 0 Å². The molecule has 4 nitrogen and oxygen atoms in total. The van der Waals surface area contributed by atoms with Gasteiger partial charge in [-0.15, -0.1) is 0 Å². The van der Waals surface area contributed by atoms with Gasteiger partial charge < -0.3 is 20.7 Å². The third kappa shape index (κ3) is 4.59. The van der Waals surface area contributed by atoms with Gasteiger partial charge in [-0.05, 0) is 33.9 Å². The summed E-state index contributed by atoms with van der Waals surface area (Å²) in [5, 5.41) is 3.07. The number of halogens is 1. The molecule has 0 aliphatic carbocycles. The lowest BCUT2D eigenvalue weighted by atomic mass is 10.2. The number of nitrogens with two attached hydrogens (primary N) is 1. The van der Waals surface area contributed by atoms with E-state index in [2.05, 4.69) is 31.1 Å². The van der Waals surface area contributed by atoms with Gasteiger partial charge in [0, 0.05) is 24.7 Å². The van der Waals surface area contributed by atoms with Gasteiger partial charge in [-0.25, -0.2) is 4.39 Å². The van der Waals surface area contributed by atoms with Crippen molar-refractivity contribution >= 4 is 11.4 Å². The topological polar surface area (TPSA) is 50.5 Å². The summed E-state index contributed by atoms with van der Waals surface area (Å²) in [6.07, 6.45) is 0.945. The summed E-state index contributed by atoms with van der Waals surface area (Å²) >= 11 is 0. The van der Waals surface area contributed by atoms with Crippen molar-refractivity contribution in [3.05, 3.63) is 17.9 Å². The Bertz CT molecular complexity index is 410. The molecule has 1 aromatic rings. The van der Waals surface area contributed by atoms with Crippen LogP contribution >= 0.6 is 0 Å². The molecule has 0 fully saturated rings. The van der Waals surface area contributed by atoms with Crippen LogP contribution in [-0.4, -0.2) is 38.2 Å². The molecule has 0 heterocycles. The van der Waals surface area contributed by atoms with Gasteiger partial charge in [0.25, 0.3) is 0 Å². The zero-order chi connectivity index (χ0) is 14.4. The Hall–Kier alpha value is -1.49. The van der Waals surface area contributed by atoms with Gasteiger partial charge in [0.2, 0.25) is 0 Å². The van der Waals surface area contributed by atoms with Crippen molar-refractivity contribution in [3.63, 3.8) is 0 Å². The molecule has 0 amide bonds. The van der Waals surface area contributed by atoms with Crippen LogP contribution in [0, 0.1) is 5.82 Å². The highest BCUT2D eigenvalue weighted by Crippen LogP contribution is 2.28. The second kappa shape index (κ2) is 7.19. The normalized spacial score (nSPS) is 11.1. The van der Waals surface area contributed by atoms with Crippen LogP contribution in [0.15, 0.2) is 12.1 Å². The van der Waals surface area contributed by atoms with E-state index in [9.17, 15) is 4.39 Å². The number of nitrogen functional groups attached to an aromatic ring is 1. The van der Waals surface area contributed by atoms with Gasteiger partial charge in [-0.1, -0.05) is 0 Å². The zero-order valence-electron chi connectivity index (χ0n) is 12.2. The van der Waals surface area contributed by atoms with Crippen LogP contribution in [0.2, 0.25) is 0 Å². The molecule has 0 bridgehead atoms. The van der Waals surface area contributed by atoms with Gasteiger partial charge in [0.1, 0.15) is 11.6 Å². The first-order valence-electron chi connectivity index (χ1n) is 6.52. The summed E-state index contributed by atoms with van der Waals surface area (Å²) in [4.78, 5) is 2.25. The molecule has 0 radical (unpaired) electrons. The van der Waals surface area contributed by atoms with E-state index < -0.39 is 0 Å². The molecule has 0 unspecified atom stereocenters. The smallest absolute Gasteiger partial charge is 0.148 e. The molecule has 0 aliphatic heterocycles. The van der Waals surface area contributed by atoms with Crippen LogP contribution in [0.4, 0.5) is 15.8 Å². The molecule has 0 saturated heterocycles. The Labute approximate surface area is 114 Å². The van der Waals surface area contributed by atoms with Crippen molar-refractivity contribution in [2.45, 2.75) is 26.3 Å². The second-order valence-electron chi connectivity index (χ2n) is 4.93. The van der Waals surface area contributed by atoms with Crippen LogP contribution in [0.1, 0.15) is 20.3 Å². The lowest BCUT2D eigenvalue weighted by Gasteiger charge is -2.21. The fourth-order valence-corrected chi connectivity index (χ4v) is 1.69. The summed E-state index contributed by atoms with van der Waals surface area (Å²) in [5.74, 6) is 0.138. The SMILES string of the molecule is COc1cc(NCCCN(C)C(C)C)c(F)cc1N. The number of methoxy groups -OCH3 is 1. The third-order valence-electron chi connectivity index (χ3n) is 3.20. The van der Waals surface area contributed by atoms with Crippen molar-refractivity contribution in [1.82, 2.24) is 4.90 Å². The molecule has 0 saturated carbocycles. The first-order valence-corrected chi connectivity index (χ1v) is 6.52. The summed E-state index contributed by atoms with van der Waals surface area (Å²) in [7, 11) is 3.60. The number of hydrogen-bond donors (Lipinski definition) is 2. The fourth-order valence-electron chi connectivity index (χ4n) is 1.69. The number of rotatable bonds is 7. The van der Waals surface area contributed by atoms with Crippen molar-refractivity contribution < 1.29 is 9.13 Å². The average molecular weight is 269 g/mol. The van der Waals surface area contributed by atoms with E-state index in [1.165, 1.54) is 13.2 Å². The van der Waals surface area contributed by atoms with Crippen LogP contribution in [-0.2, 0) is 0 Å². The molecular formula is C14H24FN3O. The fraction of sp³-hybridized carbons (Fsp3) is 0.571. The Kier molecular flexibility index (Phi) is 5.89. The quantitative estimate of drug-likeness (QED) is 0.590. The Morgan fingerprint density at radius 2 is 2.11 bits per heavy atom. The third-order valence-corrected chi connectivity index (χ3v) is 3.20. The van der Waals surface area contributed by atoms with Crippen molar-refractivity contribution in [2.75, 3.05) is 38.3 Å². The van der Waals surface area contributed by atoms with Gasteiger partial charge in [0.05, 0.1) is 18.5 Å². The number of hydrogen-bond acceptors (Lipinski definition) is 4. The molecule has 108 valence electrons. The highest BCUT2D eigenvalue weighted by Gasteiger charge is 2.08. The van der Waals surface area contributed by atoms with E-state index in [0.717, 1.165) is 13.0 Å². The maximum Gasteiger partial charge on any atom is 0.148 e. The van der Waals surface area contributed by atoms with E-state index >= 15 is 0 Å². The van der Waals surface area contributed by atoms with E-state index in [0.29, 0.717) is 29.7 Å². The zero-order valence-corrected chi connectivity index (χ0v) is 12.2. The predicted octanol–water partition coefficient (Wildman–Crippen LogP) is 2.56. The lowest BCUT2D eigenvalue weighted by molar-refractivity contribution is 0.273. The van der Waals surface area contributed by atoms with Gasteiger partial charge in [-0.2, -0.15) is 0 Å². The molecule has 5 heteroatoms. The molecule has 1 aromatic carbocycles. The maximum absolute atomic E-state index is 13.7. The minimum absolute atomic E-state index is 0.310. The average Bonchev–Trinajstić information content (AvgIpc) is 2.36. The minimum Gasteiger partial charge on any atom is -0.495 e. The summed E-state index contributed by atoms with van der Waals surface area (Å²) in [6.45, 7) is 5.98.